The number of ether oxygens (including phenoxy) is 1. The average molecular weight is 405 g/mol. The maximum atomic E-state index is 12.9. The smallest absolute Gasteiger partial charge is 0.243 e. The van der Waals surface area contributed by atoms with Crippen LogP contribution in [0.25, 0.3) is 0 Å². The Morgan fingerprint density at radius 1 is 1.07 bits per heavy atom. The molecular formula is C21H28N2O4S. The summed E-state index contributed by atoms with van der Waals surface area (Å²) in [6.07, 6.45) is 0.621. The first-order valence-corrected chi connectivity index (χ1v) is 10.9. The van der Waals surface area contributed by atoms with Crippen LogP contribution in [0.2, 0.25) is 0 Å². The van der Waals surface area contributed by atoms with Crippen LogP contribution in [0.4, 0.5) is 5.69 Å². The lowest BCUT2D eigenvalue weighted by molar-refractivity contribution is -0.117. The maximum Gasteiger partial charge on any atom is 0.243 e. The van der Waals surface area contributed by atoms with Crippen LogP contribution in [0, 0.1) is 0 Å². The fourth-order valence-electron chi connectivity index (χ4n) is 3.14. The average Bonchev–Trinajstić information content (AvgIpc) is 2.70. The number of carbonyl (C=O) groups excluding carboxylic acids is 1. The number of methoxy groups -OCH3 is 1. The van der Waals surface area contributed by atoms with E-state index in [0.717, 1.165) is 5.56 Å². The van der Waals surface area contributed by atoms with Crippen molar-refractivity contribution in [3.8, 4) is 5.75 Å². The van der Waals surface area contributed by atoms with E-state index in [1.165, 1.54) is 23.5 Å². The van der Waals surface area contributed by atoms with Gasteiger partial charge in [-0.3, -0.25) is 4.79 Å². The van der Waals surface area contributed by atoms with Crippen molar-refractivity contribution in [2.75, 3.05) is 25.5 Å². The quantitative estimate of drug-likeness (QED) is 0.689. The minimum absolute atomic E-state index is 0.125. The lowest BCUT2D eigenvalue weighted by Gasteiger charge is -2.20. The molecule has 0 aliphatic carbocycles. The molecular weight excluding hydrogens is 376 g/mol. The minimum Gasteiger partial charge on any atom is -0.495 e. The third kappa shape index (κ3) is 4.72. The van der Waals surface area contributed by atoms with Crippen LogP contribution in [0.15, 0.2) is 53.4 Å². The Hall–Kier alpha value is -2.38. The molecule has 0 aromatic heterocycles. The second kappa shape index (κ2) is 9.71. The lowest BCUT2D eigenvalue weighted by Crippen LogP contribution is -2.30. The zero-order valence-corrected chi connectivity index (χ0v) is 17.6. The first-order chi connectivity index (χ1) is 13.4. The van der Waals surface area contributed by atoms with E-state index in [2.05, 4.69) is 5.32 Å². The molecule has 0 saturated heterocycles. The summed E-state index contributed by atoms with van der Waals surface area (Å²) in [4.78, 5) is 13.0. The fourth-order valence-corrected chi connectivity index (χ4v) is 4.62. The van der Waals surface area contributed by atoms with Gasteiger partial charge in [0.05, 0.1) is 23.6 Å². The molecule has 0 saturated carbocycles. The molecule has 1 amide bonds. The molecule has 0 spiro atoms. The van der Waals surface area contributed by atoms with Crippen molar-refractivity contribution >= 4 is 21.6 Å². The van der Waals surface area contributed by atoms with Crippen LogP contribution in [-0.2, 0) is 14.8 Å². The van der Waals surface area contributed by atoms with Gasteiger partial charge in [-0.05, 0) is 30.2 Å². The van der Waals surface area contributed by atoms with E-state index in [-0.39, 0.29) is 16.7 Å². The number of carbonyl (C=O) groups is 1. The molecule has 2 aromatic carbocycles. The van der Waals surface area contributed by atoms with Crippen molar-refractivity contribution in [2.45, 2.75) is 38.0 Å². The molecule has 0 bridgehead atoms. The molecule has 1 N–H and O–H groups in total. The largest absolute Gasteiger partial charge is 0.495 e. The minimum atomic E-state index is -3.64. The van der Waals surface area contributed by atoms with Crippen molar-refractivity contribution in [2.24, 2.45) is 0 Å². The predicted octanol–water partition coefficient (Wildman–Crippen LogP) is 3.86. The first-order valence-electron chi connectivity index (χ1n) is 9.42. The van der Waals surface area contributed by atoms with E-state index >= 15 is 0 Å². The third-order valence-corrected chi connectivity index (χ3v) is 6.74. The van der Waals surface area contributed by atoms with Gasteiger partial charge in [-0.1, -0.05) is 51.1 Å². The highest BCUT2D eigenvalue weighted by Crippen LogP contribution is 2.30. The summed E-state index contributed by atoms with van der Waals surface area (Å²) < 4.78 is 32.3. The van der Waals surface area contributed by atoms with Crippen molar-refractivity contribution in [1.82, 2.24) is 4.31 Å². The van der Waals surface area contributed by atoms with Gasteiger partial charge in [0.1, 0.15) is 5.75 Å². The summed E-state index contributed by atoms with van der Waals surface area (Å²) in [7, 11) is -2.15. The Bertz CT molecular complexity index is 894. The van der Waals surface area contributed by atoms with Crippen molar-refractivity contribution < 1.29 is 17.9 Å². The van der Waals surface area contributed by atoms with E-state index in [0.29, 0.717) is 30.9 Å². The highest BCUT2D eigenvalue weighted by atomic mass is 32.2. The third-order valence-electron chi connectivity index (χ3n) is 4.70. The Kier molecular flexibility index (Phi) is 7.60. The van der Waals surface area contributed by atoms with E-state index in [1.807, 2.05) is 37.3 Å². The Morgan fingerprint density at radius 3 is 2.25 bits per heavy atom. The van der Waals surface area contributed by atoms with Crippen LogP contribution >= 0.6 is 0 Å². The van der Waals surface area contributed by atoms with Gasteiger partial charge < -0.3 is 10.1 Å². The molecule has 0 aliphatic rings. The number of sulfonamides is 1. The summed E-state index contributed by atoms with van der Waals surface area (Å²) in [5.74, 6) is -0.131. The number of hydrogen-bond acceptors (Lipinski definition) is 4. The van der Waals surface area contributed by atoms with Crippen molar-refractivity contribution in [1.29, 1.82) is 0 Å². The van der Waals surface area contributed by atoms with E-state index in [1.54, 1.807) is 19.9 Å². The second-order valence-electron chi connectivity index (χ2n) is 6.31. The highest BCUT2D eigenvalue weighted by Gasteiger charge is 2.24. The molecule has 0 aliphatic heterocycles. The normalized spacial score (nSPS) is 12.6. The van der Waals surface area contributed by atoms with E-state index in [9.17, 15) is 13.2 Å². The monoisotopic (exact) mass is 404 g/mol. The fraction of sp³-hybridized carbons (Fsp3) is 0.381. The van der Waals surface area contributed by atoms with Gasteiger partial charge >= 0.3 is 0 Å². The van der Waals surface area contributed by atoms with Gasteiger partial charge in [0, 0.05) is 13.1 Å². The topological polar surface area (TPSA) is 75.7 Å². The molecule has 0 fully saturated rings. The standard InChI is InChI=1S/C21H28N2O4S/c1-5-18(16-11-9-8-10-12-16)21(24)22-19-15-17(13-14-20(19)27-4)28(25,26)23(6-2)7-3/h8-15,18H,5-7H2,1-4H3,(H,22,24)/t18-/m1/s1. The number of anilines is 1. The SMILES string of the molecule is CC[C@@H](C(=O)Nc1cc(S(=O)(=O)N(CC)CC)ccc1OC)c1ccccc1. The first kappa shape index (κ1) is 21.9. The zero-order chi connectivity index (χ0) is 20.7. The Balaban J connectivity index is 2.38. The number of nitrogens with zero attached hydrogens (tertiary/aromatic N) is 1. The maximum absolute atomic E-state index is 12.9. The molecule has 1 atom stereocenters. The number of amides is 1. The molecule has 0 unspecified atom stereocenters. The zero-order valence-electron chi connectivity index (χ0n) is 16.8. The molecule has 2 aromatic rings. The van der Waals surface area contributed by atoms with Gasteiger partial charge in [0.2, 0.25) is 15.9 Å². The van der Waals surface area contributed by atoms with Crippen LogP contribution in [0.1, 0.15) is 38.7 Å². The lowest BCUT2D eigenvalue weighted by atomic mass is 9.95. The number of rotatable bonds is 9. The summed E-state index contributed by atoms with van der Waals surface area (Å²) >= 11 is 0. The van der Waals surface area contributed by atoms with Gasteiger partial charge in [0.25, 0.3) is 0 Å². The summed E-state index contributed by atoms with van der Waals surface area (Å²) in [5.41, 5.74) is 1.25. The highest BCUT2D eigenvalue weighted by molar-refractivity contribution is 7.89. The molecule has 0 heterocycles. The summed E-state index contributed by atoms with van der Waals surface area (Å²) in [6, 6.07) is 14.0. The molecule has 6 nitrogen and oxygen atoms in total. The van der Waals surface area contributed by atoms with Crippen molar-refractivity contribution in [3.63, 3.8) is 0 Å². The van der Waals surface area contributed by atoms with Gasteiger partial charge in [0.15, 0.2) is 0 Å². The molecule has 152 valence electrons. The number of hydrogen-bond donors (Lipinski definition) is 1. The van der Waals surface area contributed by atoms with Crippen LogP contribution in [0.3, 0.4) is 0 Å². The summed E-state index contributed by atoms with van der Waals surface area (Å²) in [5, 5.41) is 2.85. The predicted molar refractivity (Wildman–Crippen MR) is 111 cm³/mol. The molecule has 2 rings (SSSR count). The van der Waals surface area contributed by atoms with Crippen LogP contribution < -0.4 is 10.1 Å². The van der Waals surface area contributed by atoms with Crippen LogP contribution in [-0.4, -0.2) is 38.8 Å². The van der Waals surface area contributed by atoms with E-state index < -0.39 is 10.0 Å². The Labute approximate surface area is 167 Å². The van der Waals surface area contributed by atoms with Crippen LogP contribution in [0.5, 0.6) is 5.75 Å². The molecule has 0 radical (unpaired) electrons. The number of nitrogens with one attached hydrogen (secondary N) is 1. The summed E-state index contributed by atoms with van der Waals surface area (Å²) in [6.45, 7) is 6.27. The second-order valence-corrected chi connectivity index (χ2v) is 8.25. The molecule has 28 heavy (non-hydrogen) atoms. The molecule has 7 heteroatoms. The van der Waals surface area contributed by atoms with Crippen molar-refractivity contribution in [3.05, 3.63) is 54.1 Å². The van der Waals surface area contributed by atoms with Gasteiger partial charge in [-0.25, -0.2) is 8.42 Å². The van der Waals surface area contributed by atoms with Gasteiger partial charge in [-0.15, -0.1) is 0 Å². The number of benzene rings is 2. The van der Waals surface area contributed by atoms with E-state index in [4.69, 9.17) is 4.74 Å². The van der Waals surface area contributed by atoms with Gasteiger partial charge in [-0.2, -0.15) is 4.31 Å². The Morgan fingerprint density at radius 2 is 1.71 bits per heavy atom.